The maximum Gasteiger partial charge on any atom is 0.259 e. The molecule has 4 heteroatoms. The standard InChI is InChI=1S/C17H15N3O/c1-2-19-10-12(9-18-19)11-20-15-8-4-6-13-5-3-7-14(16(13)15)17(20)21/h3-10H,2,11H2,1H3. The summed E-state index contributed by atoms with van der Waals surface area (Å²) in [5, 5.41) is 6.46. The third kappa shape index (κ3) is 1.76. The van der Waals surface area contributed by atoms with E-state index in [1.165, 1.54) is 0 Å². The minimum Gasteiger partial charge on any atom is -0.303 e. The molecule has 1 aromatic heterocycles. The lowest BCUT2D eigenvalue weighted by molar-refractivity contribution is 0.0991. The van der Waals surface area contributed by atoms with Gasteiger partial charge in [-0.3, -0.25) is 9.48 Å². The van der Waals surface area contributed by atoms with E-state index in [0.29, 0.717) is 6.54 Å². The number of benzene rings is 2. The first-order valence-corrected chi connectivity index (χ1v) is 7.13. The predicted molar refractivity (Wildman–Crippen MR) is 82.4 cm³/mol. The Kier molecular flexibility index (Phi) is 2.57. The van der Waals surface area contributed by atoms with Crippen LogP contribution in [-0.2, 0) is 13.1 Å². The van der Waals surface area contributed by atoms with Gasteiger partial charge >= 0.3 is 0 Å². The molecule has 0 spiro atoms. The molecule has 21 heavy (non-hydrogen) atoms. The van der Waals surface area contributed by atoms with Gasteiger partial charge in [-0.25, -0.2) is 0 Å². The van der Waals surface area contributed by atoms with E-state index in [1.807, 2.05) is 65.3 Å². The summed E-state index contributed by atoms with van der Waals surface area (Å²) in [4.78, 5) is 14.5. The van der Waals surface area contributed by atoms with Crippen molar-refractivity contribution in [3.05, 3.63) is 59.9 Å². The molecule has 1 aliphatic heterocycles. The van der Waals surface area contributed by atoms with Gasteiger partial charge in [0.05, 0.1) is 18.4 Å². The van der Waals surface area contributed by atoms with E-state index in [-0.39, 0.29) is 5.91 Å². The number of hydrogen-bond acceptors (Lipinski definition) is 2. The highest BCUT2D eigenvalue weighted by atomic mass is 16.2. The molecule has 4 rings (SSSR count). The number of aromatic nitrogens is 2. The number of amides is 1. The van der Waals surface area contributed by atoms with Crippen molar-refractivity contribution in [3.63, 3.8) is 0 Å². The molecule has 1 aliphatic rings. The van der Waals surface area contributed by atoms with Gasteiger partial charge in [0.15, 0.2) is 0 Å². The molecule has 0 radical (unpaired) electrons. The van der Waals surface area contributed by atoms with E-state index >= 15 is 0 Å². The van der Waals surface area contributed by atoms with Crippen LogP contribution in [0.25, 0.3) is 10.8 Å². The number of carbonyl (C=O) groups excluding carboxylic acids is 1. The van der Waals surface area contributed by atoms with Crippen LogP contribution in [0.2, 0.25) is 0 Å². The molecule has 3 aromatic rings. The fourth-order valence-corrected chi connectivity index (χ4v) is 2.98. The maximum atomic E-state index is 12.7. The molecule has 0 N–H and O–H groups in total. The summed E-state index contributed by atoms with van der Waals surface area (Å²) in [5.41, 5.74) is 2.85. The van der Waals surface area contributed by atoms with Gasteiger partial charge in [0.2, 0.25) is 0 Å². The largest absolute Gasteiger partial charge is 0.303 e. The van der Waals surface area contributed by atoms with Crippen LogP contribution in [0.15, 0.2) is 48.8 Å². The molecule has 0 fully saturated rings. The summed E-state index contributed by atoms with van der Waals surface area (Å²) in [6.45, 7) is 3.45. The summed E-state index contributed by atoms with van der Waals surface area (Å²) in [5.74, 6) is 0.0750. The van der Waals surface area contributed by atoms with Crippen molar-refractivity contribution in [1.29, 1.82) is 0 Å². The fourth-order valence-electron chi connectivity index (χ4n) is 2.98. The van der Waals surface area contributed by atoms with E-state index in [2.05, 4.69) is 5.10 Å². The third-order valence-electron chi connectivity index (χ3n) is 4.00. The van der Waals surface area contributed by atoms with Crippen molar-refractivity contribution in [3.8, 4) is 0 Å². The highest BCUT2D eigenvalue weighted by Crippen LogP contribution is 2.37. The first-order valence-electron chi connectivity index (χ1n) is 7.13. The Labute approximate surface area is 122 Å². The molecular weight excluding hydrogens is 262 g/mol. The van der Waals surface area contributed by atoms with Crippen molar-refractivity contribution >= 4 is 22.4 Å². The van der Waals surface area contributed by atoms with Crippen molar-refractivity contribution in [2.75, 3.05) is 4.90 Å². The summed E-state index contributed by atoms with van der Waals surface area (Å²) in [7, 11) is 0. The Bertz CT molecular complexity index is 845. The minimum absolute atomic E-state index is 0.0750. The second-order valence-corrected chi connectivity index (χ2v) is 5.28. The van der Waals surface area contributed by atoms with Crippen molar-refractivity contribution in [2.24, 2.45) is 0 Å². The molecule has 0 atom stereocenters. The quantitative estimate of drug-likeness (QED) is 0.737. The van der Waals surface area contributed by atoms with Crippen LogP contribution in [0.4, 0.5) is 5.69 Å². The molecule has 104 valence electrons. The summed E-state index contributed by atoms with van der Waals surface area (Å²) >= 11 is 0. The van der Waals surface area contributed by atoms with Crippen molar-refractivity contribution < 1.29 is 4.79 Å². The Morgan fingerprint density at radius 1 is 1.14 bits per heavy atom. The number of carbonyl (C=O) groups is 1. The first kappa shape index (κ1) is 12.1. The summed E-state index contributed by atoms with van der Waals surface area (Å²) in [6.07, 6.45) is 3.83. The maximum absolute atomic E-state index is 12.7. The zero-order chi connectivity index (χ0) is 14.4. The number of hydrogen-bond donors (Lipinski definition) is 0. The van der Waals surface area contributed by atoms with Gasteiger partial charge in [0.25, 0.3) is 5.91 Å². The van der Waals surface area contributed by atoms with E-state index in [1.54, 1.807) is 0 Å². The normalized spacial score (nSPS) is 13.4. The van der Waals surface area contributed by atoms with Gasteiger partial charge in [-0.2, -0.15) is 5.10 Å². The molecule has 0 saturated carbocycles. The van der Waals surface area contributed by atoms with Gasteiger partial charge in [-0.15, -0.1) is 0 Å². The van der Waals surface area contributed by atoms with Crippen LogP contribution in [-0.4, -0.2) is 15.7 Å². The minimum atomic E-state index is 0.0750. The highest BCUT2D eigenvalue weighted by Gasteiger charge is 2.29. The Morgan fingerprint density at radius 3 is 2.71 bits per heavy atom. The SMILES string of the molecule is CCn1cc(CN2C(=O)c3cccc4cccc2c34)cn1. The number of nitrogens with zero attached hydrogens (tertiary/aromatic N) is 3. The molecule has 2 heterocycles. The topological polar surface area (TPSA) is 38.1 Å². The van der Waals surface area contributed by atoms with E-state index in [9.17, 15) is 4.79 Å². The summed E-state index contributed by atoms with van der Waals surface area (Å²) in [6, 6.07) is 12.0. The van der Waals surface area contributed by atoms with E-state index in [4.69, 9.17) is 0 Å². The van der Waals surface area contributed by atoms with E-state index in [0.717, 1.165) is 34.1 Å². The second-order valence-electron chi connectivity index (χ2n) is 5.28. The van der Waals surface area contributed by atoms with Gasteiger partial charge < -0.3 is 4.90 Å². The van der Waals surface area contributed by atoms with Crippen LogP contribution in [0, 0.1) is 0 Å². The Hall–Kier alpha value is -2.62. The van der Waals surface area contributed by atoms with Gasteiger partial charge in [-0.1, -0.05) is 24.3 Å². The molecule has 0 bridgehead atoms. The average molecular weight is 277 g/mol. The van der Waals surface area contributed by atoms with Crippen LogP contribution in [0.5, 0.6) is 0 Å². The number of aryl methyl sites for hydroxylation is 1. The lowest BCUT2D eigenvalue weighted by Gasteiger charge is -2.16. The van der Waals surface area contributed by atoms with Gasteiger partial charge in [-0.05, 0) is 24.4 Å². The number of rotatable bonds is 3. The van der Waals surface area contributed by atoms with E-state index < -0.39 is 0 Å². The van der Waals surface area contributed by atoms with Gasteiger partial charge in [0.1, 0.15) is 0 Å². The monoisotopic (exact) mass is 277 g/mol. The van der Waals surface area contributed by atoms with Crippen LogP contribution < -0.4 is 4.90 Å². The predicted octanol–water partition coefficient (Wildman–Crippen LogP) is 3.22. The van der Waals surface area contributed by atoms with Crippen LogP contribution in [0.3, 0.4) is 0 Å². The molecule has 4 nitrogen and oxygen atoms in total. The zero-order valence-corrected chi connectivity index (χ0v) is 11.8. The molecule has 1 amide bonds. The van der Waals surface area contributed by atoms with Crippen molar-refractivity contribution in [1.82, 2.24) is 9.78 Å². The fraction of sp³-hybridized carbons (Fsp3) is 0.176. The van der Waals surface area contributed by atoms with Gasteiger partial charge in [0, 0.05) is 29.3 Å². The molecule has 0 saturated heterocycles. The van der Waals surface area contributed by atoms with Crippen molar-refractivity contribution in [2.45, 2.75) is 20.0 Å². The highest BCUT2D eigenvalue weighted by molar-refractivity contribution is 6.24. The second kappa shape index (κ2) is 4.45. The summed E-state index contributed by atoms with van der Waals surface area (Å²) < 4.78 is 1.88. The first-order chi connectivity index (χ1) is 10.3. The average Bonchev–Trinajstić information content (AvgIpc) is 3.08. The third-order valence-corrected chi connectivity index (χ3v) is 4.00. The Morgan fingerprint density at radius 2 is 1.95 bits per heavy atom. The van der Waals surface area contributed by atoms with Crippen LogP contribution in [0.1, 0.15) is 22.8 Å². The lowest BCUT2D eigenvalue weighted by Crippen LogP contribution is -2.25. The van der Waals surface area contributed by atoms with Crippen LogP contribution >= 0.6 is 0 Å². The molecule has 2 aromatic carbocycles. The zero-order valence-electron chi connectivity index (χ0n) is 11.8. The molecule has 0 aliphatic carbocycles. The number of anilines is 1. The molecular formula is C17H15N3O. The smallest absolute Gasteiger partial charge is 0.259 e. The lowest BCUT2D eigenvalue weighted by atomic mass is 10.1. The Balaban J connectivity index is 1.78. The molecule has 0 unspecified atom stereocenters.